The summed E-state index contributed by atoms with van der Waals surface area (Å²) in [5.41, 5.74) is 1.41. The number of hydrogen-bond donors (Lipinski definition) is 2. The van der Waals surface area contributed by atoms with Crippen LogP contribution in [0.2, 0.25) is 0 Å². The molecule has 0 bridgehead atoms. The summed E-state index contributed by atoms with van der Waals surface area (Å²) in [5.74, 6) is 1.04. The van der Waals surface area contributed by atoms with Crippen molar-refractivity contribution < 1.29 is 4.79 Å². The molecule has 2 aromatic rings. The molecule has 1 aliphatic rings. The SMILES string of the molecule is CCSC1CCCC1NC(=O)c1n[nH]c2ccccc12. The predicted octanol–water partition coefficient (Wildman–Crippen LogP) is 2.97. The van der Waals surface area contributed by atoms with Gasteiger partial charge in [-0.1, -0.05) is 31.5 Å². The van der Waals surface area contributed by atoms with Gasteiger partial charge in [0.25, 0.3) is 5.91 Å². The summed E-state index contributed by atoms with van der Waals surface area (Å²) in [6.45, 7) is 2.17. The van der Waals surface area contributed by atoms with Crippen molar-refractivity contribution in [2.24, 2.45) is 0 Å². The summed E-state index contributed by atoms with van der Waals surface area (Å²) in [5, 5.41) is 11.7. The number of para-hydroxylation sites is 1. The van der Waals surface area contributed by atoms with Crippen molar-refractivity contribution in [1.29, 1.82) is 0 Å². The van der Waals surface area contributed by atoms with Crippen LogP contribution in [0.25, 0.3) is 10.9 Å². The second kappa shape index (κ2) is 5.87. The van der Waals surface area contributed by atoms with E-state index in [1.54, 1.807) is 0 Å². The number of carbonyl (C=O) groups excluding carboxylic acids is 1. The fourth-order valence-electron chi connectivity index (χ4n) is 2.88. The molecular formula is C15H19N3OS. The molecular weight excluding hydrogens is 270 g/mol. The van der Waals surface area contributed by atoms with Crippen LogP contribution in [0.5, 0.6) is 0 Å². The van der Waals surface area contributed by atoms with E-state index in [0.717, 1.165) is 23.1 Å². The van der Waals surface area contributed by atoms with Crippen molar-refractivity contribution >= 4 is 28.6 Å². The molecule has 1 heterocycles. The third-order valence-electron chi connectivity index (χ3n) is 3.84. The molecule has 1 saturated carbocycles. The quantitative estimate of drug-likeness (QED) is 0.909. The monoisotopic (exact) mass is 289 g/mol. The fraction of sp³-hybridized carbons (Fsp3) is 0.467. The first-order chi connectivity index (χ1) is 9.79. The highest BCUT2D eigenvalue weighted by molar-refractivity contribution is 7.99. The number of hydrogen-bond acceptors (Lipinski definition) is 3. The van der Waals surface area contributed by atoms with Crippen molar-refractivity contribution in [2.75, 3.05) is 5.75 Å². The highest BCUT2D eigenvalue weighted by Gasteiger charge is 2.29. The number of rotatable bonds is 4. The van der Waals surface area contributed by atoms with Gasteiger partial charge in [-0.25, -0.2) is 0 Å². The maximum atomic E-state index is 12.4. The van der Waals surface area contributed by atoms with Crippen molar-refractivity contribution in [3.63, 3.8) is 0 Å². The molecule has 20 heavy (non-hydrogen) atoms. The van der Waals surface area contributed by atoms with Crippen LogP contribution in [-0.4, -0.2) is 33.1 Å². The summed E-state index contributed by atoms with van der Waals surface area (Å²) >= 11 is 1.95. The molecule has 0 spiro atoms. The van der Waals surface area contributed by atoms with Crippen LogP contribution in [0.1, 0.15) is 36.7 Å². The number of carbonyl (C=O) groups is 1. The lowest BCUT2D eigenvalue weighted by Crippen LogP contribution is -2.39. The van der Waals surface area contributed by atoms with Gasteiger partial charge in [0.05, 0.1) is 5.52 Å². The molecule has 1 aromatic heterocycles. The molecule has 1 fully saturated rings. The van der Waals surface area contributed by atoms with E-state index in [9.17, 15) is 4.79 Å². The zero-order valence-corrected chi connectivity index (χ0v) is 12.4. The lowest BCUT2D eigenvalue weighted by Gasteiger charge is -2.19. The van der Waals surface area contributed by atoms with E-state index in [4.69, 9.17) is 0 Å². The number of thioether (sulfide) groups is 1. The van der Waals surface area contributed by atoms with Crippen LogP contribution < -0.4 is 5.32 Å². The van der Waals surface area contributed by atoms with E-state index in [1.807, 2.05) is 36.0 Å². The second-order valence-electron chi connectivity index (χ2n) is 5.12. The Balaban J connectivity index is 1.76. The smallest absolute Gasteiger partial charge is 0.272 e. The zero-order valence-electron chi connectivity index (χ0n) is 11.6. The van der Waals surface area contributed by atoms with Crippen LogP contribution >= 0.6 is 11.8 Å². The molecule has 0 aliphatic heterocycles. The Morgan fingerprint density at radius 1 is 1.45 bits per heavy atom. The first kappa shape index (κ1) is 13.5. The molecule has 2 unspecified atom stereocenters. The highest BCUT2D eigenvalue weighted by atomic mass is 32.2. The van der Waals surface area contributed by atoms with Gasteiger partial charge in [-0.2, -0.15) is 16.9 Å². The van der Waals surface area contributed by atoms with Crippen LogP contribution in [0, 0.1) is 0 Å². The third kappa shape index (κ3) is 2.54. The van der Waals surface area contributed by atoms with E-state index in [0.29, 0.717) is 10.9 Å². The Labute approximate surface area is 122 Å². The molecule has 0 saturated heterocycles. The Hall–Kier alpha value is -1.49. The van der Waals surface area contributed by atoms with Crippen molar-refractivity contribution in [2.45, 2.75) is 37.5 Å². The first-order valence-electron chi connectivity index (χ1n) is 7.15. The van der Waals surface area contributed by atoms with Gasteiger partial charge in [0, 0.05) is 16.7 Å². The fourth-order valence-corrected chi connectivity index (χ4v) is 4.08. The van der Waals surface area contributed by atoms with E-state index in [-0.39, 0.29) is 11.9 Å². The molecule has 1 aromatic carbocycles. The minimum atomic E-state index is -0.0592. The number of nitrogens with one attached hydrogen (secondary N) is 2. The number of aromatic amines is 1. The van der Waals surface area contributed by atoms with E-state index >= 15 is 0 Å². The zero-order chi connectivity index (χ0) is 13.9. The minimum absolute atomic E-state index is 0.0592. The molecule has 3 rings (SSSR count). The molecule has 2 atom stereocenters. The lowest BCUT2D eigenvalue weighted by molar-refractivity contribution is 0.0935. The van der Waals surface area contributed by atoms with Gasteiger partial charge in [0.2, 0.25) is 0 Å². The van der Waals surface area contributed by atoms with Gasteiger partial charge in [-0.3, -0.25) is 9.89 Å². The van der Waals surface area contributed by atoms with E-state index in [1.165, 1.54) is 12.8 Å². The number of H-pyrrole nitrogens is 1. The summed E-state index contributed by atoms with van der Waals surface area (Å²) < 4.78 is 0. The van der Waals surface area contributed by atoms with Crippen LogP contribution in [0.15, 0.2) is 24.3 Å². The average molecular weight is 289 g/mol. The standard InChI is InChI=1S/C15H19N3OS/c1-2-20-13-9-5-8-12(13)16-15(19)14-10-6-3-4-7-11(10)17-18-14/h3-4,6-7,12-13H,2,5,8-9H2,1H3,(H,16,19)(H,17,18). The number of fused-ring (bicyclic) bond motifs is 1. The molecule has 1 amide bonds. The lowest BCUT2D eigenvalue weighted by atomic mass is 10.2. The van der Waals surface area contributed by atoms with Gasteiger partial charge >= 0.3 is 0 Å². The largest absolute Gasteiger partial charge is 0.347 e. The maximum absolute atomic E-state index is 12.4. The van der Waals surface area contributed by atoms with Gasteiger partial charge in [-0.05, 0) is 24.7 Å². The molecule has 1 aliphatic carbocycles. The molecule has 2 N–H and O–H groups in total. The van der Waals surface area contributed by atoms with Gasteiger partial charge in [0.15, 0.2) is 5.69 Å². The molecule has 5 heteroatoms. The van der Waals surface area contributed by atoms with E-state index < -0.39 is 0 Å². The maximum Gasteiger partial charge on any atom is 0.272 e. The minimum Gasteiger partial charge on any atom is -0.347 e. The van der Waals surface area contributed by atoms with Gasteiger partial charge in [-0.15, -0.1) is 0 Å². The first-order valence-corrected chi connectivity index (χ1v) is 8.20. The topological polar surface area (TPSA) is 57.8 Å². The summed E-state index contributed by atoms with van der Waals surface area (Å²) in [7, 11) is 0. The number of amides is 1. The Morgan fingerprint density at radius 2 is 2.30 bits per heavy atom. The predicted molar refractivity (Wildman–Crippen MR) is 83.1 cm³/mol. The average Bonchev–Trinajstić information content (AvgIpc) is 3.06. The Bertz CT molecular complexity index is 610. The van der Waals surface area contributed by atoms with Crippen molar-refractivity contribution in [1.82, 2.24) is 15.5 Å². The Morgan fingerprint density at radius 3 is 3.15 bits per heavy atom. The van der Waals surface area contributed by atoms with Crippen LogP contribution in [0.3, 0.4) is 0 Å². The van der Waals surface area contributed by atoms with Gasteiger partial charge in [0.1, 0.15) is 0 Å². The van der Waals surface area contributed by atoms with Crippen LogP contribution in [0.4, 0.5) is 0 Å². The number of aromatic nitrogens is 2. The molecule has 106 valence electrons. The number of nitrogens with zero attached hydrogens (tertiary/aromatic N) is 1. The molecule has 4 nitrogen and oxygen atoms in total. The van der Waals surface area contributed by atoms with Crippen molar-refractivity contribution in [3.8, 4) is 0 Å². The van der Waals surface area contributed by atoms with Crippen molar-refractivity contribution in [3.05, 3.63) is 30.0 Å². The van der Waals surface area contributed by atoms with E-state index in [2.05, 4.69) is 22.4 Å². The Kier molecular flexibility index (Phi) is 3.96. The normalized spacial score (nSPS) is 22.2. The van der Waals surface area contributed by atoms with Gasteiger partial charge < -0.3 is 5.32 Å². The summed E-state index contributed by atoms with van der Waals surface area (Å²) in [6.07, 6.45) is 3.47. The summed E-state index contributed by atoms with van der Waals surface area (Å²) in [4.78, 5) is 12.4. The summed E-state index contributed by atoms with van der Waals surface area (Å²) in [6, 6.07) is 8.01. The van der Waals surface area contributed by atoms with Crippen LogP contribution in [-0.2, 0) is 0 Å². The number of benzene rings is 1. The third-order valence-corrected chi connectivity index (χ3v) is 5.16. The second-order valence-corrected chi connectivity index (χ2v) is 6.64. The highest BCUT2D eigenvalue weighted by Crippen LogP contribution is 2.30. The molecule has 0 radical (unpaired) electrons.